The topological polar surface area (TPSA) is 56.8 Å². The van der Waals surface area contributed by atoms with Gasteiger partial charge in [0.25, 0.3) is 5.91 Å². The highest BCUT2D eigenvalue weighted by atomic mass is 35.5. The molecule has 0 spiro atoms. The maximum atomic E-state index is 12.5. The second kappa shape index (κ2) is 9.62. The number of rotatable bonds is 8. The van der Waals surface area contributed by atoms with Crippen LogP contribution in [0.2, 0.25) is 5.02 Å². The van der Waals surface area contributed by atoms with Crippen LogP contribution in [0.15, 0.2) is 42.5 Å². The Kier molecular flexibility index (Phi) is 6.96. The number of carbonyl (C=O) groups is 1. The minimum atomic E-state index is -0.127. The molecule has 1 atom stereocenters. The van der Waals surface area contributed by atoms with E-state index >= 15 is 0 Å². The van der Waals surface area contributed by atoms with Gasteiger partial charge in [-0.1, -0.05) is 17.7 Å². The van der Waals surface area contributed by atoms with Crippen LogP contribution in [0, 0.1) is 0 Å². The van der Waals surface area contributed by atoms with Crippen molar-refractivity contribution in [1.29, 1.82) is 0 Å². The van der Waals surface area contributed by atoms with Gasteiger partial charge in [-0.15, -0.1) is 0 Å². The van der Waals surface area contributed by atoms with Crippen LogP contribution >= 0.6 is 11.6 Å². The summed E-state index contributed by atoms with van der Waals surface area (Å²) < 4.78 is 17.0. The largest absolute Gasteiger partial charge is 0.493 e. The summed E-state index contributed by atoms with van der Waals surface area (Å²) in [6, 6.07) is 12.6. The highest BCUT2D eigenvalue weighted by Gasteiger charge is 2.17. The lowest BCUT2D eigenvalue weighted by atomic mass is 10.1. The van der Waals surface area contributed by atoms with E-state index in [0.29, 0.717) is 35.2 Å². The molecule has 1 fully saturated rings. The Hall–Kier alpha value is -2.24. The Morgan fingerprint density at radius 1 is 1.26 bits per heavy atom. The molecule has 1 N–H and O–H groups in total. The van der Waals surface area contributed by atoms with E-state index in [-0.39, 0.29) is 18.6 Å². The molecule has 1 aliphatic rings. The van der Waals surface area contributed by atoms with Gasteiger partial charge in [-0.3, -0.25) is 4.79 Å². The van der Waals surface area contributed by atoms with Crippen LogP contribution < -0.4 is 14.8 Å². The van der Waals surface area contributed by atoms with Gasteiger partial charge in [0.05, 0.1) is 12.7 Å². The van der Waals surface area contributed by atoms with E-state index in [4.69, 9.17) is 25.8 Å². The van der Waals surface area contributed by atoms with Crippen LogP contribution in [0.25, 0.3) is 0 Å². The molecular formula is C21H24ClNO4. The van der Waals surface area contributed by atoms with Crippen molar-refractivity contribution in [3.63, 3.8) is 0 Å². The molecule has 0 radical (unpaired) electrons. The van der Waals surface area contributed by atoms with Crippen molar-refractivity contribution < 1.29 is 19.0 Å². The molecule has 2 aromatic carbocycles. The van der Waals surface area contributed by atoms with E-state index in [9.17, 15) is 4.79 Å². The Morgan fingerprint density at radius 3 is 2.89 bits per heavy atom. The Morgan fingerprint density at radius 2 is 2.15 bits per heavy atom. The number of nitrogens with one attached hydrogen (secondary N) is 1. The number of halogens is 1. The van der Waals surface area contributed by atoms with Gasteiger partial charge in [0.2, 0.25) is 0 Å². The number of carbonyl (C=O) groups excluding carboxylic acids is 1. The summed E-state index contributed by atoms with van der Waals surface area (Å²) >= 11 is 6.00. The number of amides is 1. The van der Waals surface area contributed by atoms with Gasteiger partial charge in [0.1, 0.15) is 18.1 Å². The van der Waals surface area contributed by atoms with Crippen LogP contribution in [-0.4, -0.2) is 31.8 Å². The molecule has 1 aliphatic heterocycles. The first kappa shape index (κ1) is 19.5. The Balaban J connectivity index is 1.68. The highest BCUT2D eigenvalue weighted by Crippen LogP contribution is 2.24. The summed E-state index contributed by atoms with van der Waals surface area (Å²) in [4.78, 5) is 12.5. The quantitative estimate of drug-likeness (QED) is 0.734. The maximum absolute atomic E-state index is 12.5. The molecule has 5 nitrogen and oxygen atoms in total. The Labute approximate surface area is 164 Å². The van der Waals surface area contributed by atoms with Gasteiger partial charge in [0, 0.05) is 29.3 Å². The zero-order chi connectivity index (χ0) is 19.1. The minimum Gasteiger partial charge on any atom is -0.493 e. The summed E-state index contributed by atoms with van der Waals surface area (Å²) in [5.74, 6) is 1.24. The Bertz CT molecular complexity index is 775. The third kappa shape index (κ3) is 5.62. The van der Waals surface area contributed by atoms with Crippen molar-refractivity contribution in [2.75, 3.05) is 19.8 Å². The van der Waals surface area contributed by atoms with Crippen LogP contribution in [0.3, 0.4) is 0 Å². The van der Waals surface area contributed by atoms with Gasteiger partial charge < -0.3 is 19.5 Å². The summed E-state index contributed by atoms with van der Waals surface area (Å²) in [6.45, 7) is 4.04. The summed E-state index contributed by atoms with van der Waals surface area (Å²) in [5.41, 5.74) is 1.38. The predicted molar refractivity (Wildman–Crippen MR) is 105 cm³/mol. The fraction of sp³-hybridized carbons (Fsp3) is 0.381. The predicted octanol–water partition coefficient (Wildman–Crippen LogP) is 4.23. The van der Waals surface area contributed by atoms with E-state index in [1.54, 1.807) is 30.3 Å². The van der Waals surface area contributed by atoms with Crippen molar-refractivity contribution in [2.24, 2.45) is 0 Å². The zero-order valence-corrected chi connectivity index (χ0v) is 16.1. The van der Waals surface area contributed by atoms with Crippen LogP contribution in [-0.2, 0) is 11.3 Å². The van der Waals surface area contributed by atoms with E-state index in [1.165, 1.54) is 0 Å². The van der Waals surface area contributed by atoms with Crippen LogP contribution in [0.4, 0.5) is 0 Å². The van der Waals surface area contributed by atoms with Gasteiger partial charge in [-0.25, -0.2) is 0 Å². The van der Waals surface area contributed by atoms with E-state index in [1.807, 2.05) is 19.1 Å². The monoisotopic (exact) mass is 389 g/mol. The second-order valence-corrected chi connectivity index (χ2v) is 6.78. The van der Waals surface area contributed by atoms with E-state index < -0.39 is 0 Å². The normalized spacial score (nSPS) is 16.1. The first-order valence-electron chi connectivity index (χ1n) is 9.19. The molecule has 6 heteroatoms. The lowest BCUT2D eigenvalue weighted by molar-refractivity contribution is 0.0857. The smallest absolute Gasteiger partial charge is 0.251 e. The number of hydrogen-bond donors (Lipinski definition) is 1. The van der Waals surface area contributed by atoms with Gasteiger partial charge in [-0.2, -0.15) is 0 Å². The van der Waals surface area contributed by atoms with Crippen molar-refractivity contribution in [3.05, 3.63) is 58.6 Å². The third-order valence-electron chi connectivity index (χ3n) is 4.33. The van der Waals surface area contributed by atoms with Gasteiger partial charge >= 0.3 is 0 Å². The van der Waals surface area contributed by atoms with Crippen LogP contribution in [0.1, 0.15) is 35.7 Å². The molecule has 1 saturated heterocycles. The standard InChI is InChI=1S/C21H24ClNO4/c1-2-25-20-9-8-15(21(24)23-13-19-7-4-10-26-19)11-16(20)14-27-18-6-3-5-17(22)12-18/h3,5-6,8-9,11-12,19H,2,4,7,10,13-14H2,1H3,(H,23,24). The summed E-state index contributed by atoms with van der Waals surface area (Å²) in [5, 5.41) is 3.55. The van der Waals surface area contributed by atoms with Gasteiger partial charge in [0.15, 0.2) is 0 Å². The minimum absolute atomic E-state index is 0.113. The van der Waals surface area contributed by atoms with Crippen molar-refractivity contribution in [1.82, 2.24) is 5.32 Å². The molecule has 27 heavy (non-hydrogen) atoms. The molecule has 1 heterocycles. The van der Waals surface area contributed by atoms with Crippen molar-refractivity contribution in [2.45, 2.75) is 32.5 Å². The molecular weight excluding hydrogens is 366 g/mol. The molecule has 0 aliphatic carbocycles. The first-order chi connectivity index (χ1) is 13.2. The van der Waals surface area contributed by atoms with Gasteiger partial charge in [-0.05, 0) is 56.2 Å². The molecule has 0 bridgehead atoms. The number of hydrogen-bond acceptors (Lipinski definition) is 4. The molecule has 3 rings (SSSR count). The first-order valence-corrected chi connectivity index (χ1v) is 9.57. The average Bonchev–Trinajstić information content (AvgIpc) is 3.19. The molecule has 0 aromatic heterocycles. The summed E-state index contributed by atoms with van der Waals surface area (Å²) in [7, 11) is 0. The molecule has 2 aromatic rings. The fourth-order valence-electron chi connectivity index (χ4n) is 2.96. The third-order valence-corrected chi connectivity index (χ3v) is 4.56. The lowest BCUT2D eigenvalue weighted by Crippen LogP contribution is -2.31. The molecule has 1 unspecified atom stereocenters. The molecule has 0 saturated carbocycles. The highest BCUT2D eigenvalue weighted by molar-refractivity contribution is 6.30. The van der Waals surface area contributed by atoms with E-state index in [0.717, 1.165) is 25.0 Å². The fourth-order valence-corrected chi connectivity index (χ4v) is 3.14. The average molecular weight is 390 g/mol. The van der Waals surface area contributed by atoms with Crippen molar-refractivity contribution in [3.8, 4) is 11.5 Å². The summed E-state index contributed by atoms with van der Waals surface area (Å²) in [6.07, 6.45) is 2.15. The molecule has 1 amide bonds. The zero-order valence-electron chi connectivity index (χ0n) is 15.4. The molecule has 144 valence electrons. The second-order valence-electron chi connectivity index (χ2n) is 6.35. The number of ether oxygens (including phenoxy) is 3. The lowest BCUT2D eigenvalue weighted by Gasteiger charge is -2.14. The maximum Gasteiger partial charge on any atom is 0.251 e. The SMILES string of the molecule is CCOc1ccc(C(=O)NCC2CCCO2)cc1COc1cccc(Cl)c1. The number of benzene rings is 2. The van der Waals surface area contributed by atoms with Crippen molar-refractivity contribution >= 4 is 17.5 Å². The van der Waals surface area contributed by atoms with E-state index in [2.05, 4.69) is 5.32 Å². The van der Waals surface area contributed by atoms with Crippen LogP contribution in [0.5, 0.6) is 11.5 Å².